The van der Waals surface area contributed by atoms with Gasteiger partial charge in [0.1, 0.15) is 6.10 Å². The van der Waals surface area contributed by atoms with E-state index in [1.54, 1.807) is 12.1 Å². The number of halogens is 3. The summed E-state index contributed by atoms with van der Waals surface area (Å²) in [7, 11) is 3.71. The van der Waals surface area contributed by atoms with E-state index in [0.29, 0.717) is 31.2 Å². The van der Waals surface area contributed by atoms with E-state index in [4.69, 9.17) is 4.74 Å². The van der Waals surface area contributed by atoms with Crippen LogP contribution in [-0.4, -0.2) is 54.4 Å². The van der Waals surface area contributed by atoms with E-state index in [9.17, 15) is 18.0 Å². The van der Waals surface area contributed by atoms with Gasteiger partial charge in [-0.1, -0.05) is 6.07 Å². The number of amides is 2. The molecule has 0 saturated carbocycles. The number of benzene rings is 1. The van der Waals surface area contributed by atoms with Crippen LogP contribution in [0, 0.1) is 0 Å². The maximum Gasteiger partial charge on any atom is 0.416 e. The first-order chi connectivity index (χ1) is 13.7. The Bertz CT molecular complexity index is 842. The second kappa shape index (κ2) is 8.54. The van der Waals surface area contributed by atoms with E-state index in [-0.39, 0.29) is 11.8 Å². The van der Waals surface area contributed by atoms with Crippen molar-refractivity contribution in [2.75, 3.05) is 37.4 Å². The molecule has 0 aliphatic carbocycles. The van der Waals surface area contributed by atoms with Gasteiger partial charge in [0, 0.05) is 32.4 Å². The summed E-state index contributed by atoms with van der Waals surface area (Å²) >= 11 is 0. The van der Waals surface area contributed by atoms with E-state index in [2.05, 4.69) is 15.5 Å². The molecule has 1 saturated heterocycles. The predicted octanol–water partition coefficient (Wildman–Crippen LogP) is 3.64. The summed E-state index contributed by atoms with van der Waals surface area (Å²) in [6.07, 6.45) is -3.28. The molecule has 1 aliphatic rings. The highest BCUT2D eigenvalue weighted by molar-refractivity contribution is 5.89. The van der Waals surface area contributed by atoms with Crippen molar-refractivity contribution in [1.82, 2.24) is 15.1 Å². The molecule has 1 aromatic heterocycles. The molecule has 2 amide bonds. The number of carbonyl (C=O) groups excluding carboxylic acids is 1. The van der Waals surface area contributed by atoms with Crippen molar-refractivity contribution >= 4 is 17.5 Å². The molecular formula is C19H22F3N5O2. The van der Waals surface area contributed by atoms with Gasteiger partial charge in [0.2, 0.25) is 5.88 Å². The molecule has 1 fully saturated rings. The molecule has 29 heavy (non-hydrogen) atoms. The molecule has 1 N–H and O–H groups in total. The average molecular weight is 409 g/mol. The van der Waals surface area contributed by atoms with Gasteiger partial charge < -0.3 is 19.9 Å². The number of anilines is 2. The summed E-state index contributed by atoms with van der Waals surface area (Å²) in [6.45, 7) is 0.803. The number of likely N-dealkylation sites (tertiary alicyclic amines) is 1. The number of carbonyl (C=O) groups is 1. The van der Waals surface area contributed by atoms with Crippen molar-refractivity contribution in [2.45, 2.75) is 25.1 Å². The van der Waals surface area contributed by atoms with Crippen molar-refractivity contribution in [1.29, 1.82) is 0 Å². The molecule has 1 aromatic carbocycles. The van der Waals surface area contributed by atoms with E-state index in [1.165, 1.54) is 17.0 Å². The van der Waals surface area contributed by atoms with Gasteiger partial charge in [-0.15, -0.1) is 10.2 Å². The minimum Gasteiger partial charge on any atom is -0.471 e. The molecule has 2 heterocycles. The van der Waals surface area contributed by atoms with Crippen LogP contribution in [0.1, 0.15) is 18.4 Å². The van der Waals surface area contributed by atoms with Crippen LogP contribution in [0.5, 0.6) is 5.88 Å². The molecule has 0 spiro atoms. The van der Waals surface area contributed by atoms with Gasteiger partial charge in [-0.3, -0.25) is 0 Å². The molecule has 1 aliphatic heterocycles. The first-order valence-electron chi connectivity index (χ1n) is 9.13. The largest absolute Gasteiger partial charge is 0.471 e. The fourth-order valence-electron chi connectivity index (χ4n) is 2.98. The summed E-state index contributed by atoms with van der Waals surface area (Å²) in [5.74, 6) is 1.06. The maximum atomic E-state index is 12.8. The lowest BCUT2D eigenvalue weighted by atomic mass is 10.1. The number of rotatable bonds is 4. The zero-order valence-corrected chi connectivity index (χ0v) is 16.1. The van der Waals surface area contributed by atoms with Crippen LogP contribution >= 0.6 is 0 Å². The van der Waals surface area contributed by atoms with Crippen molar-refractivity contribution in [3.8, 4) is 5.88 Å². The zero-order valence-electron chi connectivity index (χ0n) is 16.1. The normalized spacial score (nSPS) is 17.0. The Morgan fingerprint density at radius 1 is 1.24 bits per heavy atom. The van der Waals surface area contributed by atoms with Gasteiger partial charge >= 0.3 is 12.2 Å². The van der Waals surface area contributed by atoms with Crippen LogP contribution in [0.25, 0.3) is 0 Å². The number of nitrogens with one attached hydrogen (secondary N) is 1. The SMILES string of the molecule is CN(C)c1ccc(OC2CCCN(C(=O)Nc3cccc(C(F)(F)F)c3)C2)nn1. The van der Waals surface area contributed by atoms with Crippen LogP contribution in [0.15, 0.2) is 36.4 Å². The molecule has 2 aromatic rings. The number of piperidine rings is 1. The third-order valence-corrected chi connectivity index (χ3v) is 4.48. The highest BCUT2D eigenvalue weighted by Gasteiger charge is 2.31. The van der Waals surface area contributed by atoms with E-state index < -0.39 is 17.8 Å². The van der Waals surface area contributed by atoms with Crippen molar-refractivity contribution in [3.05, 3.63) is 42.0 Å². The summed E-state index contributed by atoms with van der Waals surface area (Å²) in [6, 6.07) is 7.59. The smallest absolute Gasteiger partial charge is 0.416 e. The quantitative estimate of drug-likeness (QED) is 0.835. The van der Waals surface area contributed by atoms with Crippen LogP contribution in [-0.2, 0) is 6.18 Å². The monoisotopic (exact) mass is 409 g/mol. The second-order valence-electron chi connectivity index (χ2n) is 6.96. The van der Waals surface area contributed by atoms with Crippen molar-refractivity contribution in [3.63, 3.8) is 0 Å². The Morgan fingerprint density at radius 3 is 2.69 bits per heavy atom. The van der Waals surface area contributed by atoms with E-state index in [1.807, 2.05) is 19.0 Å². The average Bonchev–Trinajstić information content (AvgIpc) is 2.68. The Hall–Kier alpha value is -3.04. The fraction of sp³-hybridized carbons (Fsp3) is 0.421. The number of aromatic nitrogens is 2. The van der Waals surface area contributed by atoms with Gasteiger partial charge in [0.15, 0.2) is 5.82 Å². The molecule has 7 nitrogen and oxygen atoms in total. The molecule has 0 radical (unpaired) electrons. The summed E-state index contributed by atoms with van der Waals surface area (Å²) in [5.41, 5.74) is -0.715. The van der Waals surface area contributed by atoms with E-state index >= 15 is 0 Å². The predicted molar refractivity (Wildman–Crippen MR) is 102 cm³/mol. The Balaban J connectivity index is 1.59. The first-order valence-corrected chi connectivity index (χ1v) is 9.13. The third-order valence-electron chi connectivity index (χ3n) is 4.48. The lowest BCUT2D eigenvalue weighted by Crippen LogP contribution is -2.46. The zero-order chi connectivity index (χ0) is 21.0. The van der Waals surface area contributed by atoms with Gasteiger partial charge in [0.05, 0.1) is 12.1 Å². The minimum absolute atomic E-state index is 0.0954. The minimum atomic E-state index is -4.46. The van der Waals surface area contributed by atoms with Crippen LogP contribution < -0.4 is 15.0 Å². The highest BCUT2D eigenvalue weighted by atomic mass is 19.4. The highest BCUT2D eigenvalue weighted by Crippen LogP contribution is 2.30. The van der Waals surface area contributed by atoms with Gasteiger partial charge in [-0.2, -0.15) is 13.2 Å². The molecule has 3 rings (SSSR count). The van der Waals surface area contributed by atoms with Crippen LogP contribution in [0.4, 0.5) is 29.5 Å². The second-order valence-corrected chi connectivity index (χ2v) is 6.96. The number of nitrogens with zero attached hydrogens (tertiary/aromatic N) is 4. The summed E-state index contributed by atoms with van der Waals surface area (Å²) in [4.78, 5) is 15.8. The molecule has 0 bridgehead atoms. The van der Waals surface area contributed by atoms with Crippen molar-refractivity contribution < 1.29 is 22.7 Å². The summed E-state index contributed by atoms with van der Waals surface area (Å²) < 4.78 is 44.3. The number of hydrogen-bond donors (Lipinski definition) is 1. The standard InChI is InChI=1S/C19H22F3N5O2/c1-26(2)16-8-9-17(25-24-16)29-15-7-4-10-27(12-15)18(28)23-14-6-3-5-13(11-14)19(20,21)22/h3,5-6,8-9,11,15H,4,7,10,12H2,1-2H3,(H,23,28). The summed E-state index contributed by atoms with van der Waals surface area (Å²) in [5, 5.41) is 10.6. The van der Waals surface area contributed by atoms with Crippen molar-refractivity contribution in [2.24, 2.45) is 0 Å². The first kappa shape index (κ1) is 20.7. The number of alkyl halides is 3. The Kier molecular flexibility index (Phi) is 6.09. The fourth-order valence-corrected chi connectivity index (χ4v) is 2.98. The topological polar surface area (TPSA) is 70.6 Å². The number of hydrogen-bond acceptors (Lipinski definition) is 5. The maximum absolute atomic E-state index is 12.8. The van der Waals surface area contributed by atoms with Gasteiger partial charge in [0.25, 0.3) is 0 Å². The van der Waals surface area contributed by atoms with Crippen LogP contribution in [0.2, 0.25) is 0 Å². The number of urea groups is 1. The van der Waals surface area contributed by atoms with Crippen LogP contribution in [0.3, 0.4) is 0 Å². The Morgan fingerprint density at radius 2 is 2.03 bits per heavy atom. The molecule has 156 valence electrons. The third kappa shape index (κ3) is 5.49. The Labute approximate surface area is 166 Å². The lowest BCUT2D eigenvalue weighted by molar-refractivity contribution is -0.137. The molecule has 1 atom stereocenters. The molecular weight excluding hydrogens is 387 g/mol. The van der Waals surface area contributed by atoms with E-state index in [0.717, 1.165) is 18.6 Å². The van der Waals surface area contributed by atoms with Gasteiger partial charge in [-0.05, 0) is 37.1 Å². The molecule has 10 heteroatoms. The number of ether oxygens (including phenoxy) is 1. The lowest BCUT2D eigenvalue weighted by Gasteiger charge is -2.32. The molecule has 1 unspecified atom stereocenters. The van der Waals surface area contributed by atoms with Gasteiger partial charge in [-0.25, -0.2) is 4.79 Å².